The minimum atomic E-state index is -0.135. The van der Waals surface area contributed by atoms with Gasteiger partial charge >= 0.3 is 0 Å². The van der Waals surface area contributed by atoms with E-state index in [0.29, 0.717) is 6.54 Å². The number of hydrogen-bond acceptors (Lipinski definition) is 2. The molecule has 1 aliphatic heterocycles. The fourth-order valence-corrected chi connectivity index (χ4v) is 3.66. The van der Waals surface area contributed by atoms with E-state index in [2.05, 4.69) is 35.7 Å². The van der Waals surface area contributed by atoms with Crippen LogP contribution in [0.1, 0.15) is 30.7 Å². The lowest BCUT2D eigenvalue weighted by Crippen LogP contribution is -3.13. The van der Waals surface area contributed by atoms with E-state index in [1.165, 1.54) is 16.0 Å². The predicted octanol–water partition coefficient (Wildman–Crippen LogP) is 2.98. The number of carbonyl (C=O) groups is 1. The standard InChI is InChI=1S/C23H24N2O2/c1-17(22-15-20-9-5-6-10-21(20)27-22)24-23(26)16-25-13-11-19(12-14-25)18-7-3-2-4-8-18/h2-11,15,17H,12-14,16H2,1H3,(H,24,26)/p+1/t17-/m1/s1. The molecule has 0 radical (unpaired) electrons. The van der Waals surface area contributed by atoms with E-state index in [4.69, 9.17) is 4.42 Å². The summed E-state index contributed by atoms with van der Waals surface area (Å²) in [5, 5.41) is 4.14. The van der Waals surface area contributed by atoms with Crippen molar-refractivity contribution in [1.82, 2.24) is 5.32 Å². The highest BCUT2D eigenvalue weighted by Crippen LogP contribution is 2.23. The van der Waals surface area contributed by atoms with Crippen molar-refractivity contribution in [3.63, 3.8) is 0 Å². The van der Waals surface area contributed by atoms with Crippen LogP contribution in [0, 0.1) is 0 Å². The SMILES string of the molecule is C[C@@H](NC(=O)C[NH+]1CC=C(c2ccccc2)CC1)c1cc2ccccc2o1. The molecule has 0 fully saturated rings. The zero-order valence-electron chi connectivity index (χ0n) is 15.6. The van der Waals surface area contributed by atoms with Gasteiger partial charge in [0, 0.05) is 11.8 Å². The van der Waals surface area contributed by atoms with E-state index < -0.39 is 0 Å². The first kappa shape index (κ1) is 17.6. The second-order valence-electron chi connectivity index (χ2n) is 7.20. The Morgan fingerprint density at radius 1 is 1.15 bits per heavy atom. The fraction of sp³-hybridized carbons (Fsp3) is 0.261. The summed E-state index contributed by atoms with van der Waals surface area (Å²) < 4.78 is 5.85. The maximum Gasteiger partial charge on any atom is 0.275 e. The van der Waals surface area contributed by atoms with Gasteiger partial charge in [-0.1, -0.05) is 48.5 Å². The zero-order valence-corrected chi connectivity index (χ0v) is 15.6. The monoisotopic (exact) mass is 361 g/mol. The van der Waals surface area contributed by atoms with Gasteiger partial charge in [-0.15, -0.1) is 0 Å². The summed E-state index contributed by atoms with van der Waals surface area (Å²) in [6.07, 6.45) is 3.27. The average molecular weight is 361 g/mol. The van der Waals surface area contributed by atoms with E-state index in [1.54, 1.807) is 0 Å². The van der Waals surface area contributed by atoms with Gasteiger partial charge in [0.2, 0.25) is 0 Å². The molecule has 1 aliphatic rings. The lowest BCUT2D eigenvalue weighted by molar-refractivity contribution is -0.886. The van der Waals surface area contributed by atoms with Gasteiger partial charge in [-0.25, -0.2) is 0 Å². The van der Waals surface area contributed by atoms with E-state index in [9.17, 15) is 4.79 Å². The van der Waals surface area contributed by atoms with Crippen LogP contribution in [0.15, 0.2) is 71.2 Å². The van der Waals surface area contributed by atoms with Crippen LogP contribution >= 0.6 is 0 Å². The van der Waals surface area contributed by atoms with Crippen molar-refractivity contribution in [2.45, 2.75) is 19.4 Å². The van der Waals surface area contributed by atoms with Crippen LogP contribution in [0.5, 0.6) is 0 Å². The molecule has 2 aromatic carbocycles. The Kier molecular flexibility index (Phi) is 5.07. The largest absolute Gasteiger partial charge is 0.459 e. The number of fused-ring (bicyclic) bond motifs is 1. The van der Waals surface area contributed by atoms with Crippen LogP contribution in [0.2, 0.25) is 0 Å². The lowest BCUT2D eigenvalue weighted by Gasteiger charge is -2.24. The Balaban J connectivity index is 1.32. The first-order valence-corrected chi connectivity index (χ1v) is 9.55. The van der Waals surface area contributed by atoms with Crippen LogP contribution in [0.4, 0.5) is 0 Å². The number of hydrogen-bond donors (Lipinski definition) is 2. The number of furan rings is 1. The Hall–Kier alpha value is -2.85. The summed E-state index contributed by atoms with van der Waals surface area (Å²) in [6.45, 7) is 4.32. The summed E-state index contributed by atoms with van der Waals surface area (Å²) in [6, 6.07) is 20.3. The Morgan fingerprint density at radius 2 is 1.93 bits per heavy atom. The second kappa shape index (κ2) is 7.80. The average Bonchev–Trinajstić information content (AvgIpc) is 3.14. The van der Waals surface area contributed by atoms with Gasteiger partial charge in [0.1, 0.15) is 11.3 Å². The van der Waals surface area contributed by atoms with Crippen molar-refractivity contribution in [3.8, 4) is 0 Å². The van der Waals surface area contributed by atoms with Gasteiger partial charge in [-0.3, -0.25) is 4.79 Å². The van der Waals surface area contributed by atoms with Gasteiger partial charge in [0.05, 0.1) is 19.1 Å². The molecule has 0 saturated carbocycles. The van der Waals surface area contributed by atoms with Crippen LogP contribution in [-0.4, -0.2) is 25.5 Å². The van der Waals surface area contributed by atoms with Crippen molar-refractivity contribution >= 4 is 22.4 Å². The molecule has 4 heteroatoms. The van der Waals surface area contributed by atoms with Crippen molar-refractivity contribution in [3.05, 3.63) is 78.1 Å². The number of para-hydroxylation sites is 1. The Morgan fingerprint density at radius 3 is 2.67 bits per heavy atom. The number of amides is 1. The van der Waals surface area contributed by atoms with Crippen molar-refractivity contribution < 1.29 is 14.1 Å². The normalized spacial score (nSPS) is 18.1. The highest BCUT2D eigenvalue weighted by atomic mass is 16.3. The number of quaternary nitrogens is 1. The van der Waals surface area contributed by atoms with Crippen molar-refractivity contribution in [1.29, 1.82) is 0 Å². The molecule has 2 N–H and O–H groups in total. The van der Waals surface area contributed by atoms with Crippen molar-refractivity contribution in [2.24, 2.45) is 0 Å². The summed E-state index contributed by atoms with van der Waals surface area (Å²) >= 11 is 0. The predicted molar refractivity (Wildman–Crippen MR) is 107 cm³/mol. The molecule has 1 aromatic heterocycles. The molecule has 0 bridgehead atoms. The molecule has 1 amide bonds. The summed E-state index contributed by atoms with van der Waals surface area (Å²) in [7, 11) is 0. The van der Waals surface area contributed by atoms with Crippen LogP contribution in [0.3, 0.4) is 0 Å². The van der Waals surface area contributed by atoms with Gasteiger partial charge in [-0.2, -0.15) is 0 Å². The topological polar surface area (TPSA) is 46.7 Å². The third kappa shape index (κ3) is 4.12. The van der Waals surface area contributed by atoms with Gasteiger partial charge < -0.3 is 14.6 Å². The molecule has 0 aliphatic carbocycles. The van der Waals surface area contributed by atoms with Crippen LogP contribution < -0.4 is 10.2 Å². The number of carbonyl (C=O) groups excluding carboxylic acids is 1. The smallest absolute Gasteiger partial charge is 0.275 e. The van der Waals surface area contributed by atoms with E-state index >= 15 is 0 Å². The second-order valence-corrected chi connectivity index (χ2v) is 7.20. The zero-order chi connectivity index (χ0) is 18.6. The third-order valence-corrected chi connectivity index (χ3v) is 5.19. The first-order chi connectivity index (χ1) is 13.2. The molecule has 27 heavy (non-hydrogen) atoms. The molecule has 3 aromatic rings. The molecule has 4 rings (SSSR count). The minimum absolute atomic E-state index is 0.0644. The first-order valence-electron chi connectivity index (χ1n) is 9.55. The Labute approximate surface area is 159 Å². The third-order valence-electron chi connectivity index (χ3n) is 5.19. The number of benzene rings is 2. The molecule has 2 atom stereocenters. The highest BCUT2D eigenvalue weighted by Gasteiger charge is 2.21. The Bertz CT molecular complexity index is 926. The van der Waals surface area contributed by atoms with Crippen LogP contribution in [0.25, 0.3) is 16.5 Å². The van der Waals surface area contributed by atoms with Crippen LogP contribution in [-0.2, 0) is 4.79 Å². The van der Waals surface area contributed by atoms with Crippen molar-refractivity contribution in [2.75, 3.05) is 19.6 Å². The maximum absolute atomic E-state index is 12.5. The molecule has 0 spiro atoms. The molecule has 138 valence electrons. The highest BCUT2D eigenvalue weighted by molar-refractivity contribution is 5.79. The molecule has 2 heterocycles. The van der Waals surface area contributed by atoms with Gasteiger partial charge in [-0.05, 0) is 36.3 Å². The maximum atomic E-state index is 12.5. The quantitative estimate of drug-likeness (QED) is 0.734. The fourth-order valence-electron chi connectivity index (χ4n) is 3.66. The van der Waals surface area contributed by atoms with Gasteiger partial charge in [0.25, 0.3) is 5.91 Å². The molecule has 1 unspecified atom stereocenters. The summed E-state index contributed by atoms with van der Waals surface area (Å²) in [5.74, 6) is 0.860. The summed E-state index contributed by atoms with van der Waals surface area (Å²) in [5.41, 5.74) is 3.53. The molecular weight excluding hydrogens is 336 g/mol. The molecular formula is C23H25N2O2+. The number of nitrogens with one attached hydrogen (secondary N) is 2. The van der Waals surface area contributed by atoms with Gasteiger partial charge in [0.15, 0.2) is 6.54 Å². The number of rotatable bonds is 5. The minimum Gasteiger partial charge on any atom is -0.459 e. The lowest BCUT2D eigenvalue weighted by atomic mass is 10.00. The van der Waals surface area contributed by atoms with E-state index in [0.717, 1.165) is 36.2 Å². The van der Waals surface area contributed by atoms with E-state index in [-0.39, 0.29) is 11.9 Å². The molecule has 0 saturated heterocycles. The summed E-state index contributed by atoms with van der Waals surface area (Å²) in [4.78, 5) is 13.8. The molecule has 4 nitrogen and oxygen atoms in total. The van der Waals surface area contributed by atoms with E-state index in [1.807, 2.05) is 43.3 Å².